The quantitative estimate of drug-likeness (QED) is 0.818. The molecule has 0 unspecified atom stereocenters. The summed E-state index contributed by atoms with van der Waals surface area (Å²) >= 11 is 5.62. The fourth-order valence-corrected chi connectivity index (χ4v) is 1.22. The number of rotatable bonds is 3. The lowest BCUT2D eigenvalue weighted by atomic mass is 10.5. The van der Waals surface area contributed by atoms with Crippen molar-refractivity contribution in [1.29, 1.82) is 0 Å². The van der Waals surface area contributed by atoms with Crippen LogP contribution in [0.2, 0.25) is 5.22 Å². The number of hydrogen-bond donors (Lipinski definition) is 1. The molecule has 0 fully saturated rings. The Bertz CT molecular complexity index is 367. The molecule has 68 valence electrons. The van der Waals surface area contributed by atoms with E-state index in [0.29, 0.717) is 11.8 Å². The molecule has 1 N–H and O–H groups in total. The van der Waals surface area contributed by atoms with E-state index in [9.17, 15) is 0 Å². The van der Waals surface area contributed by atoms with E-state index in [0.717, 1.165) is 5.76 Å². The molecular formula is C9H9ClN2O. The van der Waals surface area contributed by atoms with E-state index < -0.39 is 0 Å². The van der Waals surface area contributed by atoms with E-state index in [-0.39, 0.29) is 0 Å². The van der Waals surface area contributed by atoms with Gasteiger partial charge in [0.15, 0.2) is 5.22 Å². The summed E-state index contributed by atoms with van der Waals surface area (Å²) in [5.74, 6) is 0.818. The van der Waals surface area contributed by atoms with Crippen LogP contribution >= 0.6 is 11.6 Å². The highest BCUT2D eigenvalue weighted by Crippen LogP contribution is 2.12. The molecule has 13 heavy (non-hydrogen) atoms. The van der Waals surface area contributed by atoms with E-state index in [1.807, 2.05) is 35.3 Å². The zero-order valence-corrected chi connectivity index (χ0v) is 7.66. The first-order valence-electron chi connectivity index (χ1n) is 3.96. The van der Waals surface area contributed by atoms with Crippen molar-refractivity contribution in [2.75, 3.05) is 5.43 Å². The van der Waals surface area contributed by atoms with Crippen LogP contribution in [0.4, 0.5) is 0 Å². The minimum atomic E-state index is 0.421. The Labute approximate surface area is 80.9 Å². The van der Waals surface area contributed by atoms with Gasteiger partial charge in [0.05, 0.1) is 6.54 Å². The van der Waals surface area contributed by atoms with Gasteiger partial charge in [-0.05, 0) is 35.9 Å². The van der Waals surface area contributed by atoms with Gasteiger partial charge in [-0.25, -0.2) is 0 Å². The average molecular weight is 197 g/mol. The maximum Gasteiger partial charge on any atom is 0.193 e. The van der Waals surface area contributed by atoms with Crippen molar-refractivity contribution in [3.63, 3.8) is 0 Å². The largest absolute Gasteiger partial charge is 0.448 e. The fraction of sp³-hybridized carbons (Fsp3) is 0.111. The minimum absolute atomic E-state index is 0.421. The van der Waals surface area contributed by atoms with Gasteiger partial charge in [0.1, 0.15) is 5.76 Å². The Morgan fingerprint density at radius 2 is 2.08 bits per heavy atom. The van der Waals surface area contributed by atoms with E-state index in [4.69, 9.17) is 16.0 Å². The molecule has 0 aliphatic heterocycles. The van der Waals surface area contributed by atoms with Gasteiger partial charge in [-0.1, -0.05) is 0 Å². The number of aromatic nitrogens is 1. The van der Waals surface area contributed by atoms with Crippen LogP contribution in [0.5, 0.6) is 0 Å². The summed E-state index contributed by atoms with van der Waals surface area (Å²) in [6.07, 6.45) is 3.84. The van der Waals surface area contributed by atoms with Gasteiger partial charge in [-0.2, -0.15) is 0 Å². The van der Waals surface area contributed by atoms with Crippen LogP contribution in [0.3, 0.4) is 0 Å². The topological polar surface area (TPSA) is 30.1 Å². The second-order valence-corrected chi connectivity index (χ2v) is 3.00. The molecule has 0 aliphatic rings. The predicted molar refractivity (Wildman–Crippen MR) is 51.2 cm³/mol. The molecule has 0 bridgehead atoms. The molecule has 4 heteroatoms. The lowest BCUT2D eigenvalue weighted by molar-refractivity contribution is 0.512. The first-order chi connectivity index (χ1) is 6.34. The smallest absolute Gasteiger partial charge is 0.193 e. The summed E-state index contributed by atoms with van der Waals surface area (Å²) in [4.78, 5) is 0. The molecular weight excluding hydrogens is 188 g/mol. The summed E-state index contributed by atoms with van der Waals surface area (Å²) in [5.41, 5.74) is 3.12. The minimum Gasteiger partial charge on any atom is -0.448 e. The molecule has 0 radical (unpaired) electrons. The normalized spacial score (nSPS) is 10.2. The van der Waals surface area contributed by atoms with Crippen LogP contribution in [0.1, 0.15) is 5.76 Å². The van der Waals surface area contributed by atoms with Crippen molar-refractivity contribution in [3.8, 4) is 0 Å². The predicted octanol–water partition coefficient (Wildman–Crippen LogP) is 2.48. The molecule has 2 heterocycles. The number of nitrogens with one attached hydrogen (secondary N) is 1. The highest BCUT2D eigenvalue weighted by atomic mass is 35.5. The van der Waals surface area contributed by atoms with Crippen molar-refractivity contribution in [3.05, 3.63) is 47.6 Å². The maximum atomic E-state index is 5.62. The standard InChI is InChI=1S/C9H9ClN2O/c10-9-4-3-8(13-9)7-11-12-5-1-2-6-12/h1-6,11H,7H2. The van der Waals surface area contributed by atoms with E-state index in [1.54, 1.807) is 6.07 Å². The fourth-order valence-electron chi connectivity index (χ4n) is 1.06. The molecule has 0 aromatic carbocycles. The van der Waals surface area contributed by atoms with Gasteiger partial charge < -0.3 is 9.84 Å². The summed E-state index contributed by atoms with van der Waals surface area (Å²) in [6, 6.07) is 7.47. The Morgan fingerprint density at radius 3 is 2.69 bits per heavy atom. The van der Waals surface area contributed by atoms with Crippen LogP contribution in [0.25, 0.3) is 0 Å². The van der Waals surface area contributed by atoms with Gasteiger partial charge in [0, 0.05) is 12.4 Å². The Kier molecular flexibility index (Phi) is 2.27. The second-order valence-electron chi connectivity index (χ2n) is 2.63. The monoisotopic (exact) mass is 196 g/mol. The lowest BCUT2D eigenvalue weighted by Gasteiger charge is -2.03. The van der Waals surface area contributed by atoms with Crippen LogP contribution < -0.4 is 5.43 Å². The van der Waals surface area contributed by atoms with Crippen LogP contribution in [0, 0.1) is 0 Å². The van der Waals surface area contributed by atoms with E-state index >= 15 is 0 Å². The molecule has 0 saturated heterocycles. The van der Waals surface area contributed by atoms with E-state index in [2.05, 4.69) is 5.43 Å². The van der Waals surface area contributed by atoms with Crippen LogP contribution in [-0.2, 0) is 6.54 Å². The van der Waals surface area contributed by atoms with E-state index in [1.165, 1.54) is 0 Å². The summed E-state index contributed by atoms with van der Waals surface area (Å²) < 4.78 is 7.03. The van der Waals surface area contributed by atoms with Gasteiger partial charge in [-0.3, -0.25) is 4.68 Å². The van der Waals surface area contributed by atoms with Gasteiger partial charge in [0.2, 0.25) is 0 Å². The molecule has 0 aliphatic carbocycles. The maximum absolute atomic E-state index is 5.62. The third-order valence-electron chi connectivity index (χ3n) is 1.67. The zero-order valence-electron chi connectivity index (χ0n) is 6.90. The highest BCUT2D eigenvalue weighted by molar-refractivity contribution is 6.28. The molecule has 2 aromatic rings. The number of hydrogen-bond acceptors (Lipinski definition) is 2. The van der Waals surface area contributed by atoms with Gasteiger partial charge in [0.25, 0.3) is 0 Å². The van der Waals surface area contributed by atoms with Gasteiger partial charge in [-0.15, -0.1) is 0 Å². The van der Waals surface area contributed by atoms with Crippen molar-refractivity contribution in [2.24, 2.45) is 0 Å². The Morgan fingerprint density at radius 1 is 1.31 bits per heavy atom. The van der Waals surface area contributed by atoms with Crippen molar-refractivity contribution >= 4 is 11.6 Å². The molecule has 0 saturated carbocycles. The Hall–Kier alpha value is -1.35. The average Bonchev–Trinajstić information content (AvgIpc) is 2.71. The molecule has 3 nitrogen and oxygen atoms in total. The van der Waals surface area contributed by atoms with Crippen LogP contribution in [-0.4, -0.2) is 4.68 Å². The first-order valence-corrected chi connectivity index (χ1v) is 4.33. The molecule has 0 amide bonds. The molecule has 2 rings (SSSR count). The first kappa shape index (κ1) is 8.26. The molecule has 0 spiro atoms. The Balaban J connectivity index is 1.93. The summed E-state index contributed by atoms with van der Waals surface area (Å²) in [5, 5.41) is 0.421. The summed E-state index contributed by atoms with van der Waals surface area (Å²) in [6.45, 7) is 0.626. The number of nitrogens with zero attached hydrogens (tertiary/aromatic N) is 1. The number of halogens is 1. The van der Waals surface area contributed by atoms with Crippen molar-refractivity contribution in [2.45, 2.75) is 6.54 Å². The van der Waals surface area contributed by atoms with Crippen molar-refractivity contribution in [1.82, 2.24) is 4.68 Å². The molecule has 2 aromatic heterocycles. The zero-order chi connectivity index (χ0) is 9.10. The second kappa shape index (κ2) is 3.58. The SMILES string of the molecule is Clc1ccc(CNn2cccc2)o1. The summed E-state index contributed by atoms with van der Waals surface area (Å²) in [7, 11) is 0. The van der Waals surface area contributed by atoms with Crippen molar-refractivity contribution < 1.29 is 4.42 Å². The number of furan rings is 1. The highest BCUT2D eigenvalue weighted by Gasteiger charge is 1.97. The molecule has 0 atom stereocenters. The lowest BCUT2D eigenvalue weighted by Crippen LogP contribution is -2.10. The van der Waals surface area contributed by atoms with Gasteiger partial charge >= 0.3 is 0 Å². The third kappa shape index (κ3) is 2.06. The van der Waals surface area contributed by atoms with Crippen LogP contribution in [0.15, 0.2) is 41.1 Å². The third-order valence-corrected chi connectivity index (χ3v) is 1.87.